The lowest BCUT2D eigenvalue weighted by atomic mass is 10.0. The normalized spacial score (nSPS) is 10.8. The van der Waals surface area contributed by atoms with Crippen LogP contribution in [0.1, 0.15) is 23.8 Å². The van der Waals surface area contributed by atoms with Gasteiger partial charge in [0.05, 0.1) is 0 Å². The standard InChI is InChI=1S/C15H18ClNS/c1-3-7-17-10-12-4-5-14(15(16)9-12)13-6-8-18-11(13)2/h4-6,8-9,17H,3,7,10H2,1-2H3. The van der Waals surface area contributed by atoms with Crippen LogP contribution in [0.2, 0.25) is 5.02 Å². The van der Waals surface area contributed by atoms with Gasteiger partial charge in [0.25, 0.3) is 0 Å². The minimum atomic E-state index is 0.840. The summed E-state index contributed by atoms with van der Waals surface area (Å²) in [6.07, 6.45) is 1.15. The maximum absolute atomic E-state index is 6.38. The number of thiophene rings is 1. The van der Waals surface area contributed by atoms with E-state index in [1.807, 2.05) is 0 Å². The van der Waals surface area contributed by atoms with E-state index >= 15 is 0 Å². The van der Waals surface area contributed by atoms with Crippen molar-refractivity contribution < 1.29 is 0 Å². The van der Waals surface area contributed by atoms with Crippen molar-refractivity contribution in [1.82, 2.24) is 5.32 Å². The minimum absolute atomic E-state index is 0.840. The number of hydrogen-bond donors (Lipinski definition) is 1. The van der Waals surface area contributed by atoms with Crippen LogP contribution < -0.4 is 5.32 Å². The van der Waals surface area contributed by atoms with Crippen LogP contribution in [-0.4, -0.2) is 6.54 Å². The van der Waals surface area contributed by atoms with E-state index in [2.05, 4.69) is 48.8 Å². The summed E-state index contributed by atoms with van der Waals surface area (Å²) >= 11 is 8.14. The second-order valence-electron chi connectivity index (χ2n) is 4.38. The van der Waals surface area contributed by atoms with Gasteiger partial charge in [-0.15, -0.1) is 11.3 Å². The van der Waals surface area contributed by atoms with E-state index in [9.17, 15) is 0 Å². The highest BCUT2D eigenvalue weighted by Gasteiger charge is 2.07. The Bertz CT molecular complexity index is 519. The molecule has 96 valence electrons. The van der Waals surface area contributed by atoms with Crippen LogP contribution in [0.25, 0.3) is 11.1 Å². The molecule has 18 heavy (non-hydrogen) atoms. The molecule has 1 aromatic carbocycles. The number of hydrogen-bond acceptors (Lipinski definition) is 2. The Morgan fingerprint density at radius 3 is 2.67 bits per heavy atom. The van der Waals surface area contributed by atoms with Crippen LogP contribution in [0.15, 0.2) is 29.6 Å². The van der Waals surface area contributed by atoms with E-state index in [-0.39, 0.29) is 0 Å². The van der Waals surface area contributed by atoms with Gasteiger partial charge >= 0.3 is 0 Å². The average molecular weight is 280 g/mol. The maximum Gasteiger partial charge on any atom is 0.0488 e. The smallest absolute Gasteiger partial charge is 0.0488 e. The summed E-state index contributed by atoms with van der Waals surface area (Å²) in [7, 11) is 0. The van der Waals surface area contributed by atoms with Crippen molar-refractivity contribution in [2.24, 2.45) is 0 Å². The largest absolute Gasteiger partial charge is 0.313 e. The second kappa shape index (κ2) is 6.37. The summed E-state index contributed by atoms with van der Waals surface area (Å²) in [6, 6.07) is 8.48. The first-order valence-corrected chi connectivity index (χ1v) is 7.51. The lowest BCUT2D eigenvalue weighted by molar-refractivity contribution is 0.675. The van der Waals surface area contributed by atoms with E-state index in [1.165, 1.54) is 16.0 Å². The summed E-state index contributed by atoms with van der Waals surface area (Å²) in [4.78, 5) is 1.31. The van der Waals surface area contributed by atoms with E-state index < -0.39 is 0 Å². The molecule has 1 N–H and O–H groups in total. The van der Waals surface area contributed by atoms with Gasteiger partial charge in [0.2, 0.25) is 0 Å². The number of rotatable bonds is 5. The average Bonchev–Trinajstić information content (AvgIpc) is 2.76. The third kappa shape index (κ3) is 3.14. The Morgan fingerprint density at radius 1 is 1.22 bits per heavy atom. The maximum atomic E-state index is 6.38. The summed E-state index contributed by atoms with van der Waals surface area (Å²) < 4.78 is 0. The zero-order valence-electron chi connectivity index (χ0n) is 10.8. The van der Waals surface area contributed by atoms with Gasteiger partial charge in [0.15, 0.2) is 0 Å². The molecule has 0 aliphatic heterocycles. The van der Waals surface area contributed by atoms with E-state index in [0.29, 0.717) is 0 Å². The van der Waals surface area contributed by atoms with E-state index in [0.717, 1.165) is 30.1 Å². The van der Waals surface area contributed by atoms with Crippen LogP contribution in [0.3, 0.4) is 0 Å². The lowest BCUT2D eigenvalue weighted by Gasteiger charge is -2.08. The molecule has 0 saturated carbocycles. The van der Waals surface area contributed by atoms with Gasteiger partial charge < -0.3 is 5.32 Å². The molecule has 0 spiro atoms. The predicted octanol–water partition coefficient (Wildman–Crippen LogP) is 4.88. The molecule has 0 unspecified atom stereocenters. The molecule has 2 aromatic rings. The number of benzene rings is 1. The van der Waals surface area contributed by atoms with Crippen LogP contribution in [-0.2, 0) is 6.54 Å². The van der Waals surface area contributed by atoms with Crippen molar-refractivity contribution >= 4 is 22.9 Å². The molecule has 0 bridgehead atoms. The molecule has 0 saturated heterocycles. The third-order valence-corrected chi connectivity index (χ3v) is 4.10. The minimum Gasteiger partial charge on any atom is -0.313 e. The molecular formula is C15H18ClNS. The van der Waals surface area contributed by atoms with Crippen LogP contribution >= 0.6 is 22.9 Å². The highest BCUT2D eigenvalue weighted by atomic mass is 35.5. The van der Waals surface area contributed by atoms with Gasteiger partial charge in [-0.05, 0) is 48.5 Å². The molecule has 0 aliphatic rings. The molecule has 1 heterocycles. The van der Waals surface area contributed by atoms with Crippen molar-refractivity contribution in [1.29, 1.82) is 0 Å². The predicted molar refractivity (Wildman–Crippen MR) is 81.5 cm³/mol. The third-order valence-electron chi connectivity index (χ3n) is 2.94. The highest BCUT2D eigenvalue weighted by molar-refractivity contribution is 7.10. The number of aryl methyl sites for hydroxylation is 1. The van der Waals surface area contributed by atoms with Gasteiger partial charge in [0, 0.05) is 22.0 Å². The van der Waals surface area contributed by atoms with Crippen LogP contribution in [0.4, 0.5) is 0 Å². The van der Waals surface area contributed by atoms with Crippen molar-refractivity contribution in [3.05, 3.63) is 45.1 Å². The van der Waals surface area contributed by atoms with Gasteiger partial charge in [0.1, 0.15) is 0 Å². The fourth-order valence-electron chi connectivity index (χ4n) is 1.96. The molecule has 2 rings (SSSR count). The monoisotopic (exact) mass is 279 g/mol. The first-order chi connectivity index (χ1) is 8.72. The Labute approximate surface area is 118 Å². The summed E-state index contributed by atoms with van der Waals surface area (Å²) in [6.45, 7) is 6.23. The number of halogens is 1. The Kier molecular flexibility index (Phi) is 4.81. The fourth-order valence-corrected chi connectivity index (χ4v) is 2.98. The van der Waals surface area contributed by atoms with E-state index in [4.69, 9.17) is 11.6 Å². The molecule has 1 aromatic heterocycles. The van der Waals surface area contributed by atoms with Gasteiger partial charge in [-0.2, -0.15) is 0 Å². The summed E-state index contributed by atoms with van der Waals surface area (Å²) in [5.41, 5.74) is 3.62. The first-order valence-electron chi connectivity index (χ1n) is 6.26. The number of nitrogens with one attached hydrogen (secondary N) is 1. The van der Waals surface area contributed by atoms with Crippen molar-refractivity contribution in [3.8, 4) is 11.1 Å². The summed E-state index contributed by atoms with van der Waals surface area (Å²) in [5.74, 6) is 0. The van der Waals surface area contributed by atoms with E-state index in [1.54, 1.807) is 11.3 Å². The van der Waals surface area contributed by atoms with Crippen LogP contribution in [0.5, 0.6) is 0 Å². The molecule has 0 atom stereocenters. The molecule has 3 heteroatoms. The van der Waals surface area contributed by atoms with Crippen molar-refractivity contribution in [2.75, 3.05) is 6.54 Å². The SMILES string of the molecule is CCCNCc1ccc(-c2ccsc2C)c(Cl)c1. The molecule has 0 amide bonds. The summed E-state index contributed by atoms with van der Waals surface area (Å²) in [5, 5.41) is 6.34. The molecule has 0 aliphatic carbocycles. The molecule has 0 radical (unpaired) electrons. The van der Waals surface area contributed by atoms with Crippen molar-refractivity contribution in [3.63, 3.8) is 0 Å². The second-order valence-corrected chi connectivity index (χ2v) is 5.91. The van der Waals surface area contributed by atoms with Gasteiger partial charge in [-0.1, -0.05) is 30.7 Å². The Balaban J connectivity index is 2.18. The molecule has 0 fully saturated rings. The van der Waals surface area contributed by atoms with Gasteiger partial charge in [-0.3, -0.25) is 0 Å². The molecular weight excluding hydrogens is 262 g/mol. The quantitative estimate of drug-likeness (QED) is 0.770. The first kappa shape index (κ1) is 13.6. The van der Waals surface area contributed by atoms with Crippen molar-refractivity contribution in [2.45, 2.75) is 26.8 Å². The highest BCUT2D eigenvalue weighted by Crippen LogP contribution is 2.33. The zero-order chi connectivity index (χ0) is 13.0. The fraction of sp³-hybridized carbons (Fsp3) is 0.333. The topological polar surface area (TPSA) is 12.0 Å². The van der Waals surface area contributed by atoms with Gasteiger partial charge in [-0.25, -0.2) is 0 Å². The lowest BCUT2D eigenvalue weighted by Crippen LogP contribution is -2.13. The Morgan fingerprint density at radius 2 is 2.06 bits per heavy atom. The molecule has 1 nitrogen and oxygen atoms in total. The van der Waals surface area contributed by atoms with Crippen LogP contribution in [0, 0.1) is 6.92 Å². The Hall–Kier alpha value is -0.830. The zero-order valence-corrected chi connectivity index (χ0v) is 12.4.